The zero-order chi connectivity index (χ0) is 10.5. The van der Waals surface area contributed by atoms with E-state index in [9.17, 15) is 0 Å². The molecule has 0 unspecified atom stereocenters. The zero-order valence-corrected chi connectivity index (χ0v) is 7.75. The van der Waals surface area contributed by atoms with E-state index in [-0.39, 0.29) is 18.3 Å². The molecule has 0 spiro atoms. The third-order valence-electron chi connectivity index (χ3n) is 1.67. The van der Waals surface area contributed by atoms with Gasteiger partial charge in [-0.15, -0.1) is 0 Å². The third-order valence-corrected chi connectivity index (χ3v) is 1.67. The molecule has 0 aliphatic heterocycles. The minimum atomic E-state index is 0.172. The van der Waals surface area contributed by atoms with Crippen LogP contribution in [-0.2, 0) is 6.61 Å². The maximum absolute atomic E-state index is 8.60. The van der Waals surface area contributed by atoms with E-state index in [0.717, 1.165) is 0 Å². The summed E-state index contributed by atoms with van der Waals surface area (Å²) in [6, 6.07) is 7.15. The van der Waals surface area contributed by atoms with Gasteiger partial charge in [-0.25, -0.2) is 4.98 Å². The quantitative estimate of drug-likeness (QED) is 0.752. The van der Waals surface area contributed by atoms with Crippen molar-refractivity contribution in [2.75, 3.05) is 0 Å². The Morgan fingerprint density at radius 3 is 3.13 bits per heavy atom. The fourth-order valence-electron chi connectivity index (χ4n) is 1.00. The van der Waals surface area contributed by atoms with E-state index in [0.29, 0.717) is 5.76 Å². The van der Waals surface area contributed by atoms with E-state index in [4.69, 9.17) is 14.4 Å². The lowest BCUT2D eigenvalue weighted by Crippen LogP contribution is -1.99. The molecule has 0 amide bonds. The summed E-state index contributed by atoms with van der Waals surface area (Å²) in [6.07, 6.45) is 3.04. The van der Waals surface area contributed by atoms with Gasteiger partial charge >= 0.3 is 6.01 Å². The molecule has 0 aromatic carbocycles. The molecule has 0 fully saturated rings. The number of aromatic nitrogens is 2. The maximum atomic E-state index is 8.60. The van der Waals surface area contributed by atoms with Crippen molar-refractivity contribution in [3.05, 3.63) is 42.1 Å². The lowest BCUT2D eigenvalue weighted by Gasteiger charge is -2.00. The van der Waals surface area contributed by atoms with Crippen molar-refractivity contribution in [3.63, 3.8) is 0 Å². The first-order valence-electron chi connectivity index (χ1n) is 4.27. The van der Waals surface area contributed by atoms with Gasteiger partial charge in [-0.2, -0.15) is 10.2 Å². The highest BCUT2D eigenvalue weighted by molar-refractivity contribution is 5.19. The molecule has 5 nitrogen and oxygen atoms in total. The summed E-state index contributed by atoms with van der Waals surface area (Å²) >= 11 is 0. The predicted molar refractivity (Wildman–Crippen MR) is 49.8 cm³/mol. The summed E-state index contributed by atoms with van der Waals surface area (Å²) in [5.41, 5.74) is 0.277. The standard InChI is InChI=1S/C10H7N3O2/c11-6-8-3-4-12-10(13-8)15-7-9-2-1-5-14-9/h1-5H,7H2. The molecule has 0 aliphatic carbocycles. The maximum Gasteiger partial charge on any atom is 0.318 e. The predicted octanol–water partition coefficient (Wildman–Crippen LogP) is 1.52. The Bertz CT molecular complexity index is 474. The molecular formula is C10H7N3O2. The fourth-order valence-corrected chi connectivity index (χ4v) is 1.00. The van der Waals surface area contributed by atoms with E-state index in [1.807, 2.05) is 6.07 Å². The van der Waals surface area contributed by atoms with Gasteiger partial charge in [0.05, 0.1) is 6.26 Å². The molecule has 0 aliphatic rings. The molecule has 74 valence electrons. The Morgan fingerprint density at radius 1 is 1.47 bits per heavy atom. The Morgan fingerprint density at radius 2 is 2.40 bits per heavy atom. The van der Waals surface area contributed by atoms with Gasteiger partial charge in [-0.1, -0.05) is 0 Å². The van der Waals surface area contributed by atoms with Crippen molar-refractivity contribution in [1.29, 1.82) is 5.26 Å². The minimum Gasteiger partial charge on any atom is -0.466 e. The van der Waals surface area contributed by atoms with Gasteiger partial charge in [-0.05, 0) is 18.2 Å². The molecule has 2 heterocycles. The molecule has 0 radical (unpaired) electrons. The van der Waals surface area contributed by atoms with Gasteiger partial charge in [0.15, 0.2) is 0 Å². The van der Waals surface area contributed by atoms with Crippen LogP contribution in [0.3, 0.4) is 0 Å². The second kappa shape index (κ2) is 4.24. The van der Waals surface area contributed by atoms with Crippen molar-refractivity contribution < 1.29 is 9.15 Å². The van der Waals surface area contributed by atoms with Crippen LogP contribution in [0.5, 0.6) is 6.01 Å². The largest absolute Gasteiger partial charge is 0.466 e. The smallest absolute Gasteiger partial charge is 0.318 e. The van der Waals surface area contributed by atoms with Crippen LogP contribution in [0.15, 0.2) is 35.1 Å². The lowest BCUT2D eigenvalue weighted by molar-refractivity contribution is 0.250. The lowest BCUT2D eigenvalue weighted by atomic mass is 10.4. The molecule has 0 saturated heterocycles. The molecule has 0 saturated carbocycles. The Labute approximate surface area is 86.0 Å². The van der Waals surface area contributed by atoms with E-state index < -0.39 is 0 Å². The van der Waals surface area contributed by atoms with Crippen molar-refractivity contribution in [1.82, 2.24) is 9.97 Å². The molecule has 2 aromatic heterocycles. The van der Waals surface area contributed by atoms with Crippen LogP contribution in [0.25, 0.3) is 0 Å². The van der Waals surface area contributed by atoms with Crippen molar-refractivity contribution in [2.24, 2.45) is 0 Å². The first-order chi connectivity index (χ1) is 7.38. The van der Waals surface area contributed by atoms with Crippen molar-refractivity contribution in [2.45, 2.75) is 6.61 Å². The van der Waals surface area contributed by atoms with Crippen molar-refractivity contribution >= 4 is 0 Å². The molecule has 2 aromatic rings. The Hall–Kier alpha value is -2.35. The van der Waals surface area contributed by atoms with Crippen LogP contribution in [0, 0.1) is 11.3 Å². The van der Waals surface area contributed by atoms with E-state index in [1.165, 1.54) is 12.3 Å². The Balaban J connectivity index is 2.02. The van der Waals surface area contributed by atoms with Gasteiger partial charge in [0, 0.05) is 6.20 Å². The first kappa shape index (κ1) is 9.21. The molecule has 0 bridgehead atoms. The molecule has 0 N–H and O–H groups in total. The van der Waals surface area contributed by atoms with E-state index in [2.05, 4.69) is 9.97 Å². The summed E-state index contributed by atoms with van der Waals surface area (Å²) < 4.78 is 10.3. The average Bonchev–Trinajstić information content (AvgIpc) is 2.79. The Kier molecular flexibility index (Phi) is 2.61. The summed E-state index contributed by atoms with van der Waals surface area (Å²) in [4.78, 5) is 7.72. The van der Waals surface area contributed by atoms with Crippen molar-refractivity contribution in [3.8, 4) is 12.1 Å². The molecule has 5 heteroatoms. The first-order valence-corrected chi connectivity index (χ1v) is 4.27. The van der Waals surface area contributed by atoms with Crippen LogP contribution in [0.4, 0.5) is 0 Å². The number of ether oxygens (including phenoxy) is 1. The normalized spacial score (nSPS) is 9.53. The van der Waals surface area contributed by atoms with Crippen LogP contribution in [0.2, 0.25) is 0 Å². The third kappa shape index (κ3) is 2.31. The van der Waals surface area contributed by atoms with Gasteiger partial charge in [0.25, 0.3) is 0 Å². The molecular weight excluding hydrogens is 194 g/mol. The molecule has 15 heavy (non-hydrogen) atoms. The summed E-state index contributed by atoms with van der Waals surface area (Å²) in [5, 5.41) is 8.60. The van der Waals surface area contributed by atoms with Gasteiger partial charge < -0.3 is 9.15 Å². The number of hydrogen-bond acceptors (Lipinski definition) is 5. The van der Waals surface area contributed by atoms with Crippen LogP contribution < -0.4 is 4.74 Å². The summed E-state index contributed by atoms with van der Waals surface area (Å²) in [7, 11) is 0. The number of nitriles is 1. The average molecular weight is 201 g/mol. The SMILES string of the molecule is N#Cc1ccnc(OCc2ccco2)n1. The second-order valence-electron chi connectivity index (χ2n) is 2.70. The van der Waals surface area contributed by atoms with Gasteiger partial charge in [0.2, 0.25) is 0 Å². The highest BCUT2D eigenvalue weighted by Crippen LogP contribution is 2.06. The second-order valence-corrected chi connectivity index (χ2v) is 2.70. The highest BCUT2D eigenvalue weighted by atomic mass is 16.5. The number of hydrogen-bond donors (Lipinski definition) is 0. The topological polar surface area (TPSA) is 71.9 Å². The minimum absolute atomic E-state index is 0.172. The number of rotatable bonds is 3. The monoisotopic (exact) mass is 201 g/mol. The summed E-state index contributed by atoms with van der Waals surface area (Å²) in [5.74, 6) is 0.681. The zero-order valence-electron chi connectivity index (χ0n) is 7.75. The number of furan rings is 1. The highest BCUT2D eigenvalue weighted by Gasteiger charge is 2.01. The molecule has 0 atom stereocenters. The van der Waals surface area contributed by atoms with Gasteiger partial charge in [0.1, 0.15) is 24.1 Å². The number of nitrogens with zero attached hydrogens (tertiary/aromatic N) is 3. The van der Waals surface area contributed by atoms with E-state index in [1.54, 1.807) is 18.4 Å². The van der Waals surface area contributed by atoms with Gasteiger partial charge in [-0.3, -0.25) is 0 Å². The summed E-state index contributed by atoms with van der Waals surface area (Å²) in [6.45, 7) is 0.252. The fraction of sp³-hybridized carbons (Fsp3) is 0.100. The van der Waals surface area contributed by atoms with E-state index >= 15 is 0 Å². The van der Waals surface area contributed by atoms with Crippen LogP contribution >= 0.6 is 0 Å². The van der Waals surface area contributed by atoms with Crippen LogP contribution in [-0.4, -0.2) is 9.97 Å². The van der Waals surface area contributed by atoms with Crippen LogP contribution in [0.1, 0.15) is 11.5 Å². The molecule has 2 rings (SSSR count).